The molecule has 0 aromatic heterocycles. The van der Waals surface area contributed by atoms with Gasteiger partial charge in [-0.15, -0.1) is 12.4 Å². The third kappa shape index (κ3) is 2.35. The molecule has 0 radical (unpaired) electrons. The van der Waals surface area contributed by atoms with Crippen molar-refractivity contribution in [2.75, 3.05) is 20.2 Å². The largest absolute Gasteiger partial charge is 0.497 e. The number of hydrogen-bond donors (Lipinski definition) is 2. The average molecular weight is 330 g/mol. The highest BCUT2D eigenvalue weighted by Gasteiger charge is 2.49. The van der Waals surface area contributed by atoms with Gasteiger partial charge in [0.1, 0.15) is 17.2 Å². The number of carbonyl (C=O) groups excluding carboxylic acids is 1. The zero-order valence-corrected chi connectivity index (χ0v) is 12.8. The van der Waals surface area contributed by atoms with Crippen LogP contribution in [0.3, 0.4) is 0 Å². The summed E-state index contributed by atoms with van der Waals surface area (Å²) < 4.78 is 24.9. The Kier molecular flexibility index (Phi) is 4.19. The number of rotatable bonds is 1. The van der Waals surface area contributed by atoms with E-state index in [2.05, 4.69) is 0 Å². The summed E-state index contributed by atoms with van der Waals surface area (Å²) in [5, 5.41) is 7.43. The molecule has 8 heteroatoms. The van der Waals surface area contributed by atoms with Crippen molar-refractivity contribution in [1.82, 2.24) is 4.90 Å². The molecule has 22 heavy (non-hydrogen) atoms. The second-order valence-corrected chi connectivity index (χ2v) is 5.29. The lowest BCUT2D eigenvalue weighted by Gasteiger charge is -2.38. The topological polar surface area (TPSA) is 88.6 Å². The molecule has 1 saturated heterocycles. The molecule has 1 fully saturated rings. The number of piperidine rings is 1. The number of benzene rings is 1. The SMILES string of the molecule is COc1cc(F)c2c(c1)C(=O)OC21CCN(C(=N)N)CC1.Cl. The highest BCUT2D eigenvalue weighted by molar-refractivity contribution is 5.95. The Morgan fingerprint density at radius 3 is 2.64 bits per heavy atom. The number of carbonyl (C=O) groups is 1. The smallest absolute Gasteiger partial charge is 0.339 e. The van der Waals surface area contributed by atoms with Crippen LogP contribution in [0.5, 0.6) is 5.75 Å². The summed E-state index contributed by atoms with van der Waals surface area (Å²) >= 11 is 0. The van der Waals surface area contributed by atoms with Crippen molar-refractivity contribution in [3.05, 3.63) is 29.1 Å². The van der Waals surface area contributed by atoms with Gasteiger partial charge < -0.3 is 20.1 Å². The number of guanidine groups is 1. The van der Waals surface area contributed by atoms with Gasteiger partial charge in [0.25, 0.3) is 0 Å². The molecule has 2 aliphatic heterocycles. The van der Waals surface area contributed by atoms with Gasteiger partial charge in [0.2, 0.25) is 0 Å². The molecule has 120 valence electrons. The second-order valence-electron chi connectivity index (χ2n) is 5.29. The van der Waals surface area contributed by atoms with Crippen molar-refractivity contribution >= 4 is 24.3 Å². The summed E-state index contributed by atoms with van der Waals surface area (Å²) in [5.74, 6) is -0.753. The van der Waals surface area contributed by atoms with E-state index in [1.54, 1.807) is 4.90 Å². The van der Waals surface area contributed by atoms with Crippen molar-refractivity contribution in [3.63, 3.8) is 0 Å². The maximum Gasteiger partial charge on any atom is 0.339 e. The summed E-state index contributed by atoms with van der Waals surface area (Å²) in [5.41, 5.74) is 5.03. The number of nitrogens with one attached hydrogen (secondary N) is 1. The maximum atomic E-state index is 14.4. The molecule has 3 N–H and O–H groups in total. The second kappa shape index (κ2) is 5.64. The predicted octanol–water partition coefficient (Wildman–Crippen LogP) is 1.61. The molecule has 0 amide bonds. The van der Waals surface area contributed by atoms with Crippen LogP contribution < -0.4 is 10.5 Å². The Hall–Kier alpha value is -2.02. The minimum absolute atomic E-state index is 0. The lowest BCUT2D eigenvalue weighted by atomic mass is 9.83. The van der Waals surface area contributed by atoms with Crippen LogP contribution in [0.1, 0.15) is 28.8 Å². The van der Waals surface area contributed by atoms with Crippen LogP contribution in [-0.2, 0) is 10.3 Å². The molecule has 0 saturated carbocycles. The summed E-state index contributed by atoms with van der Waals surface area (Å²) in [7, 11) is 1.42. The molecule has 1 aromatic rings. The first-order chi connectivity index (χ1) is 9.97. The number of esters is 1. The Balaban J connectivity index is 0.00000176. The Labute approximate surface area is 133 Å². The third-order valence-electron chi connectivity index (χ3n) is 4.17. The number of ether oxygens (including phenoxy) is 2. The molecule has 0 aliphatic carbocycles. The van der Waals surface area contributed by atoms with Gasteiger partial charge in [0.15, 0.2) is 5.96 Å². The normalized spacial score (nSPS) is 18.5. The molecule has 3 rings (SSSR count). The molecule has 0 unspecified atom stereocenters. The van der Waals surface area contributed by atoms with E-state index in [0.717, 1.165) is 0 Å². The zero-order valence-electron chi connectivity index (χ0n) is 12.0. The summed E-state index contributed by atoms with van der Waals surface area (Å²) in [6, 6.07) is 2.77. The fraction of sp³-hybridized carbons (Fsp3) is 0.429. The van der Waals surface area contributed by atoms with Gasteiger partial charge in [0.05, 0.1) is 12.7 Å². The molecular weight excluding hydrogens is 313 g/mol. The Bertz CT molecular complexity index is 630. The minimum Gasteiger partial charge on any atom is -0.497 e. The zero-order chi connectivity index (χ0) is 15.2. The third-order valence-corrected chi connectivity index (χ3v) is 4.17. The first-order valence-corrected chi connectivity index (χ1v) is 6.67. The molecule has 0 bridgehead atoms. The number of fused-ring (bicyclic) bond motifs is 2. The highest BCUT2D eigenvalue weighted by Crippen LogP contribution is 2.46. The fourth-order valence-electron chi connectivity index (χ4n) is 3.07. The van der Waals surface area contributed by atoms with Gasteiger partial charge in [-0.1, -0.05) is 0 Å². The van der Waals surface area contributed by atoms with Crippen LogP contribution >= 0.6 is 12.4 Å². The molecule has 6 nitrogen and oxygen atoms in total. The van der Waals surface area contributed by atoms with E-state index < -0.39 is 17.4 Å². The fourth-order valence-corrected chi connectivity index (χ4v) is 3.07. The van der Waals surface area contributed by atoms with E-state index in [9.17, 15) is 9.18 Å². The number of methoxy groups -OCH3 is 1. The average Bonchev–Trinajstić information content (AvgIpc) is 2.72. The van der Waals surface area contributed by atoms with Crippen molar-refractivity contribution < 1.29 is 18.7 Å². The number of halogens is 2. The number of likely N-dealkylation sites (tertiary alicyclic amines) is 1. The Morgan fingerprint density at radius 1 is 1.45 bits per heavy atom. The first kappa shape index (κ1) is 16.4. The predicted molar refractivity (Wildman–Crippen MR) is 80.0 cm³/mol. The van der Waals surface area contributed by atoms with Gasteiger partial charge >= 0.3 is 5.97 Å². The van der Waals surface area contributed by atoms with Crippen LogP contribution in [0.2, 0.25) is 0 Å². The lowest BCUT2D eigenvalue weighted by molar-refractivity contribution is -0.0360. The van der Waals surface area contributed by atoms with Gasteiger partial charge in [-0.05, 0) is 6.07 Å². The van der Waals surface area contributed by atoms with Gasteiger partial charge in [0, 0.05) is 37.6 Å². The molecule has 2 aliphatic rings. The number of hydrogen-bond acceptors (Lipinski definition) is 4. The van der Waals surface area contributed by atoms with E-state index >= 15 is 0 Å². The van der Waals surface area contributed by atoms with E-state index in [0.29, 0.717) is 37.2 Å². The van der Waals surface area contributed by atoms with Crippen LogP contribution in [0, 0.1) is 11.2 Å². The number of nitrogens with two attached hydrogens (primary N) is 1. The van der Waals surface area contributed by atoms with Gasteiger partial charge in [-0.25, -0.2) is 9.18 Å². The van der Waals surface area contributed by atoms with Crippen LogP contribution in [-0.4, -0.2) is 37.0 Å². The van der Waals surface area contributed by atoms with Crippen molar-refractivity contribution in [1.29, 1.82) is 5.41 Å². The van der Waals surface area contributed by atoms with Crippen LogP contribution in [0.4, 0.5) is 4.39 Å². The van der Waals surface area contributed by atoms with Crippen LogP contribution in [0.25, 0.3) is 0 Å². The van der Waals surface area contributed by atoms with E-state index in [4.69, 9.17) is 20.6 Å². The van der Waals surface area contributed by atoms with Crippen LogP contribution in [0.15, 0.2) is 12.1 Å². The summed E-state index contributed by atoms with van der Waals surface area (Å²) in [6.45, 7) is 0.904. The van der Waals surface area contributed by atoms with E-state index in [-0.39, 0.29) is 23.9 Å². The van der Waals surface area contributed by atoms with Crippen molar-refractivity contribution in [2.45, 2.75) is 18.4 Å². The molecular formula is C14H17ClFN3O3. The van der Waals surface area contributed by atoms with Gasteiger partial charge in [-0.3, -0.25) is 5.41 Å². The van der Waals surface area contributed by atoms with E-state index in [1.807, 2.05) is 0 Å². The van der Waals surface area contributed by atoms with Crippen molar-refractivity contribution in [2.24, 2.45) is 5.73 Å². The van der Waals surface area contributed by atoms with E-state index in [1.165, 1.54) is 19.2 Å². The van der Waals surface area contributed by atoms with Crippen molar-refractivity contribution in [3.8, 4) is 5.75 Å². The highest BCUT2D eigenvalue weighted by atomic mass is 35.5. The molecule has 1 aromatic carbocycles. The van der Waals surface area contributed by atoms with Gasteiger partial charge in [-0.2, -0.15) is 0 Å². The first-order valence-electron chi connectivity index (χ1n) is 6.67. The lowest BCUT2D eigenvalue weighted by Crippen LogP contribution is -2.47. The Morgan fingerprint density at radius 2 is 2.09 bits per heavy atom. The molecule has 0 atom stereocenters. The molecule has 1 spiro atoms. The maximum absolute atomic E-state index is 14.4. The molecule has 2 heterocycles. The quantitative estimate of drug-likeness (QED) is 0.464. The summed E-state index contributed by atoms with van der Waals surface area (Å²) in [6.07, 6.45) is 0.823. The monoisotopic (exact) mass is 329 g/mol. The standard InChI is InChI=1S/C14H16FN3O3.ClH/c1-20-8-6-9-11(10(15)7-8)14(21-12(9)19)2-4-18(5-3-14)13(16)17;/h6-7H,2-5H2,1H3,(H3,16,17);1H. The number of nitrogens with zero attached hydrogens (tertiary/aromatic N) is 1. The minimum atomic E-state index is -0.950. The summed E-state index contributed by atoms with van der Waals surface area (Å²) in [4.78, 5) is 13.7.